The van der Waals surface area contributed by atoms with Crippen LogP contribution in [0.1, 0.15) is 30.9 Å². The molecule has 3 atom stereocenters. The Kier molecular flexibility index (Phi) is 2.89. The van der Waals surface area contributed by atoms with Gasteiger partial charge in [-0.05, 0) is 30.2 Å². The molecule has 0 aromatic heterocycles. The lowest BCUT2D eigenvalue weighted by Gasteiger charge is -2.50. The Hall–Kier alpha value is -0.960. The number of carbonyl (C=O) groups is 1. The van der Waals surface area contributed by atoms with E-state index in [0.29, 0.717) is 17.7 Å². The number of hydrogen-bond acceptors (Lipinski definition) is 2. The maximum absolute atomic E-state index is 11.8. The maximum Gasteiger partial charge on any atom is 0.221 e. The van der Waals surface area contributed by atoms with Crippen molar-refractivity contribution in [1.29, 1.82) is 0 Å². The molecule has 1 saturated heterocycles. The zero-order chi connectivity index (χ0) is 12.8. The summed E-state index contributed by atoms with van der Waals surface area (Å²) in [4.78, 5) is 11.8. The van der Waals surface area contributed by atoms with Gasteiger partial charge in [0.1, 0.15) is 0 Å². The van der Waals surface area contributed by atoms with Gasteiger partial charge in [0.15, 0.2) is 0 Å². The molecule has 0 spiro atoms. The summed E-state index contributed by atoms with van der Waals surface area (Å²) in [5, 5.41) is 3.60. The van der Waals surface area contributed by atoms with Gasteiger partial charge in [0.2, 0.25) is 5.91 Å². The number of piperidine rings is 1. The minimum Gasteiger partial charge on any atom is -0.352 e. The van der Waals surface area contributed by atoms with Crippen LogP contribution in [0.25, 0.3) is 0 Å². The van der Waals surface area contributed by atoms with Crippen molar-refractivity contribution in [3.63, 3.8) is 0 Å². The number of aryl methyl sites for hydroxylation is 1. The van der Waals surface area contributed by atoms with Gasteiger partial charge >= 0.3 is 0 Å². The Morgan fingerprint density at radius 3 is 2.94 bits per heavy atom. The van der Waals surface area contributed by atoms with Crippen molar-refractivity contribution >= 4 is 17.7 Å². The van der Waals surface area contributed by atoms with Crippen LogP contribution in [0.4, 0.5) is 0 Å². The standard InChI is InChI=1S/C15H19NOS/c1-15-11-6-4-3-5-10(11)7-8-12(15)16-14(17)9-13(15)18-2/h3-6,12-13H,7-9H2,1-2H3,(H,16,17). The second kappa shape index (κ2) is 4.30. The minimum absolute atomic E-state index is 0.0855. The normalized spacial score (nSPS) is 34.4. The third-order valence-corrected chi connectivity index (χ3v) is 5.91. The molecule has 0 bridgehead atoms. The first-order chi connectivity index (χ1) is 8.66. The van der Waals surface area contributed by atoms with Crippen molar-refractivity contribution in [1.82, 2.24) is 5.32 Å². The molecule has 3 heteroatoms. The first-order valence-electron chi connectivity index (χ1n) is 6.57. The van der Waals surface area contributed by atoms with E-state index in [-0.39, 0.29) is 11.3 Å². The Bertz CT molecular complexity index is 487. The number of hydrogen-bond donors (Lipinski definition) is 1. The van der Waals surface area contributed by atoms with Gasteiger partial charge in [0, 0.05) is 23.1 Å². The summed E-state index contributed by atoms with van der Waals surface area (Å²) in [6, 6.07) is 9.04. The van der Waals surface area contributed by atoms with E-state index in [2.05, 4.69) is 42.8 Å². The zero-order valence-electron chi connectivity index (χ0n) is 10.9. The lowest BCUT2D eigenvalue weighted by molar-refractivity contribution is -0.124. The van der Waals surface area contributed by atoms with Crippen LogP contribution in [0.5, 0.6) is 0 Å². The molecule has 3 unspecified atom stereocenters. The summed E-state index contributed by atoms with van der Waals surface area (Å²) < 4.78 is 0. The molecule has 1 aliphatic carbocycles. The van der Waals surface area contributed by atoms with Gasteiger partial charge in [-0.15, -0.1) is 0 Å². The van der Waals surface area contributed by atoms with Gasteiger partial charge < -0.3 is 5.32 Å². The smallest absolute Gasteiger partial charge is 0.221 e. The zero-order valence-corrected chi connectivity index (χ0v) is 11.7. The number of carbonyl (C=O) groups excluding carboxylic acids is 1. The van der Waals surface area contributed by atoms with E-state index in [0.717, 1.165) is 12.8 Å². The molecule has 1 fully saturated rings. The van der Waals surface area contributed by atoms with E-state index in [9.17, 15) is 4.79 Å². The minimum atomic E-state index is 0.0855. The fraction of sp³-hybridized carbons (Fsp3) is 0.533. The summed E-state index contributed by atoms with van der Waals surface area (Å²) in [6.45, 7) is 2.33. The van der Waals surface area contributed by atoms with E-state index < -0.39 is 0 Å². The molecule has 0 saturated carbocycles. The molecular weight excluding hydrogens is 242 g/mol. The van der Waals surface area contributed by atoms with Gasteiger partial charge in [-0.3, -0.25) is 4.79 Å². The van der Waals surface area contributed by atoms with Gasteiger partial charge in [-0.2, -0.15) is 11.8 Å². The predicted octanol–water partition coefficient (Wildman–Crippen LogP) is 2.51. The second-order valence-electron chi connectivity index (χ2n) is 5.53. The Morgan fingerprint density at radius 1 is 1.39 bits per heavy atom. The molecule has 1 aromatic rings. The van der Waals surface area contributed by atoms with Crippen molar-refractivity contribution in [2.24, 2.45) is 0 Å². The van der Waals surface area contributed by atoms with Crippen LogP contribution in [0.15, 0.2) is 24.3 Å². The van der Waals surface area contributed by atoms with Crippen LogP contribution in [0.2, 0.25) is 0 Å². The quantitative estimate of drug-likeness (QED) is 0.841. The van der Waals surface area contributed by atoms with Crippen LogP contribution in [-0.2, 0) is 16.6 Å². The highest BCUT2D eigenvalue weighted by Gasteiger charge is 2.49. The first kappa shape index (κ1) is 12.1. The van der Waals surface area contributed by atoms with Gasteiger partial charge in [-0.1, -0.05) is 31.2 Å². The number of thioether (sulfide) groups is 1. The van der Waals surface area contributed by atoms with Crippen LogP contribution >= 0.6 is 11.8 Å². The molecule has 0 radical (unpaired) electrons. The lowest BCUT2D eigenvalue weighted by Crippen LogP contribution is -2.61. The molecule has 1 amide bonds. The van der Waals surface area contributed by atoms with E-state index >= 15 is 0 Å². The number of amides is 1. The largest absolute Gasteiger partial charge is 0.352 e. The molecule has 1 N–H and O–H groups in total. The fourth-order valence-electron chi connectivity index (χ4n) is 3.63. The third-order valence-electron chi connectivity index (χ3n) is 4.68. The van der Waals surface area contributed by atoms with Gasteiger partial charge in [0.05, 0.1) is 0 Å². The maximum atomic E-state index is 11.8. The molecule has 3 rings (SSSR count). The van der Waals surface area contributed by atoms with Crippen LogP contribution in [-0.4, -0.2) is 23.5 Å². The van der Waals surface area contributed by atoms with Gasteiger partial charge in [0.25, 0.3) is 0 Å². The topological polar surface area (TPSA) is 29.1 Å². The highest BCUT2D eigenvalue weighted by molar-refractivity contribution is 7.99. The summed E-state index contributed by atoms with van der Waals surface area (Å²) in [6.07, 6.45) is 4.92. The number of rotatable bonds is 1. The molecule has 1 aromatic carbocycles. The molecule has 96 valence electrons. The highest BCUT2D eigenvalue weighted by Crippen LogP contribution is 2.46. The van der Waals surface area contributed by atoms with E-state index in [1.165, 1.54) is 11.1 Å². The van der Waals surface area contributed by atoms with Crippen molar-refractivity contribution in [3.05, 3.63) is 35.4 Å². The Labute approximate surface area is 113 Å². The van der Waals surface area contributed by atoms with E-state index in [4.69, 9.17) is 0 Å². The lowest BCUT2D eigenvalue weighted by atomic mass is 9.63. The van der Waals surface area contributed by atoms with E-state index in [1.807, 2.05) is 11.8 Å². The average molecular weight is 261 g/mol. The molecular formula is C15H19NOS. The Morgan fingerprint density at radius 2 is 2.17 bits per heavy atom. The molecule has 18 heavy (non-hydrogen) atoms. The summed E-state index contributed by atoms with van der Waals surface area (Å²) in [7, 11) is 0. The number of fused-ring (bicyclic) bond motifs is 3. The summed E-state index contributed by atoms with van der Waals surface area (Å²) in [5.41, 5.74) is 2.99. The summed E-state index contributed by atoms with van der Waals surface area (Å²) >= 11 is 1.84. The fourth-order valence-corrected chi connectivity index (χ4v) is 4.73. The third kappa shape index (κ3) is 1.60. The highest BCUT2D eigenvalue weighted by atomic mass is 32.2. The molecule has 1 aliphatic heterocycles. The van der Waals surface area contributed by atoms with Crippen LogP contribution in [0.3, 0.4) is 0 Å². The van der Waals surface area contributed by atoms with Crippen molar-refractivity contribution < 1.29 is 4.79 Å². The van der Waals surface area contributed by atoms with Crippen molar-refractivity contribution in [2.45, 2.75) is 42.9 Å². The predicted molar refractivity (Wildman–Crippen MR) is 76.0 cm³/mol. The SMILES string of the molecule is CSC1CC(=O)NC2CCc3ccccc3C21C. The first-order valence-corrected chi connectivity index (χ1v) is 7.85. The van der Waals surface area contributed by atoms with Crippen LogP contribution < -0.4 is 5.32 Å². The molecule has 2 aliphatic rings. The molecule has 1 heterocycles. The van der Waals surface area contributed by atoms with Crippen molar-refractivity contribution in [2.75, 3.05) is 6.26 Å². The summed E-state index contributed by atoms with van der Waals surface area (Å²) in [5.74, 6) is 0.219. The van der Waals surface area contributed by atoms with Crippen LogP contribution in [0, 0.1) is 0 Å². The number of benzene rings is 1. The Balaban J connectivity index is 2.11. The monoisotopic (exact) mass is 261 g/mol. The van der Waals surface area contributed by atoms with Crippen molar-refractivity contribution in [3.8, 4) is 0 Å². The average Bonchev–Trinajstić information content (AvgIpc) is 2.39. The number of nitrogens with one attached hydrogen (secondary N) is 1. The van der Waals surface area contributed by atoms with E-state index in [1.54, 1.807) is 0 Å². The second-order valence-corrected chi connectivity index (χ2v) is 6.57. The molecule has 2 nitrogen and oxygen atoms in total. The van der Waals surface area contributed by atoms with Gasteiger partial charge in [-0.25, -0.2) is 0 Å².